The molecule has 5 heteroatoms. The smallest absolute Gasteiger partial charge is 0.148 e. The number of halogens is 1. The lowest BCUT2D eigenvalue weighted by atomic mass is 10.0. The predicted octanol–water partition coefficient (Wildman–Crippen LogP) is 4.51. The maximum absolute atomic E-state index is 14.1. The lowest BCUT2D eigenvalue weighted by Gasteiger charge is -2.05. The summed E-state index contributed by atoms with van der Waals surface area (Å²) in [7, 11) is 1.60. The minimum Gasteiger partial charge on any atom is -0.396 e. The lowest BCUT2D eigenvalue weighted by Crippen LogP contribution is -1.94. The van der Waals surface area contributed by atoms with Crippen LogP contribution >= 0.6 is 0 Å². The zero-order chi connectivity index (χ0) is 18.4. The zero-order valence-electron chi connectivity index (χ0n) is 14.9. The number of pyridine rings is 1. The molecule has 1 aromatic carbocycles. The molecule has 0 saturated carbocycles. The minimum atomic E-state index is -0.321. The largest absolute Gasteiger partial charge is 0.396 e. The van der Waals surface area contributed by atoms with Crippen LogP contribution in [-0.2, 0) is 9.57 Å². The molecule has 0 saturated heterocycles. The zero-order valence-corrected chi connectivity index (χ0v) is 14.9. The number of aromatic nitrogens is 1. The van der Waals surface area contributed by atoms with Crippen LogP contribution in [0.2, 0.25) is 0 Å². The Bertz CT molecular complexity index is 872. The van der Waals surface area contributed by atoms with E-state index in [9.17, 15) is 4.39 Å². The molecular weight excluding hydrogens is 331 g/mol. The van der Waals surface area contributed by atoms with E-state index in [0.29, 0.717) is 18.8 Å². The van der Waals surface area contributed by atoms with Crippen LogP contribution in [0, 0.1) is 12.7 Å². The van der Waals surface area contributed by atoms with Crippen molar-refractivity contribution in [1.82, 2.24) is 4.98 Å². The Morgan fingerprint density at radius 1 is 1.23 bits per heavy atom. The molecule has 0 unspecified atom stereocenters. The molecule has 0 amide bonds. The van der Waals surface area contributed by atoms with Crippen molar-refractivity contribution in [2.24, 2.45) is 5.16 Å². The third-order valence-corrected chi connectivity index (χ3v) is 4.10. The molecule has 0 aliphatic heterocycles. The van der Waals surface area contributed by atoms with E-state index in [0.717, 1.165) is 34.4 Å². The molecule has 0 atom stereocenters. The Hall–Kier alpha value is -2.79. The molecule has 0 spiro atoms. The van der Waals surface area contributed by atoms with Crippen LogP contribution in [-0.4, -0.2) is 31.5 Å². The maximum atomic E-state index is 14.1. The average molecular weight is 352 g/mol. The number of oxime groups is 1. The van der Waals surface area contributed by atoms with Gasteiger partial charge in [-0.05, 0) is 41.3 Å². The molecule has 26 heavy (non-hydrogen) atoms. The van der Waals surface area contributed by atoms with E-state index in [1.54, 1.807) is 19.4 Å². The summed E-state index contributed by atoms with van der Waals surface area (Å²) in [6.45, 7) is 2.75. The number of benzene rings is 1. The van der Waals surface area contributed by atoms with Gasteiger partial charge in [-0.15, -0.1) is 0 Å². The molecule has 1 aliphatic carbocycles. The van der Waals surface area contributed by atoms with E-state index in [-0.39, 0.29) is 5.82 Å². The van der Waals surface area contributed by atoms with Gasteiger partial charge in [0.1, 0.15) is 12.4 Å². The summed E-state index contributed by atoms with van der Waals surface area (Å²) in [4.78, 5) is 9.25. The lowest BCUT2D eigenvalue weighted by molar-refractivity contribution is 0.148. The molecular formula is C21H21FN2O2. The highest BCUT2D eigenvalue weighted by Gasteiger charge is 2.18. The quantitative estimate of drug-likeness (QED) is 0.418. The van der Waals surface area contributed by atoms with Gasteiger partial charge in [-0.25, -0.2) is 4.39 Å². The second kappa shape index (κ2) is 8.54. The Morgan fingerprint density at radius 2 is 2.04 bits per heavy atom. The fourth-order valence-electron chi connectivity index (χ4n) is 2.89. The summed E-state index contributed by atoms with van der Waals surface area (Å²) in [5.41, 5.74) is 5.72. The second-order valence-corrected chi connectivity index (χ2v) is 5.99. The summed E-state index contributed by atoms with van der Waals surface area (Å²) in [5, 5.41) is 3.84. The number of aryl methyl sites for hydroxylation is 1. The van der Waals surface area contributed by atoms with Crippen molar-refractivity contribution in [3.63, 3.8) is 0 Å². The van der Waals surface area contributed by atoms with Gasteiger partial charge in [0, 0.05) is 24.8 Å². The number of fused-ring (bicyclic) bond motifs is 1. The summed E-state index contributed by atoms with van der Waals surface area (Å²) in [6, 6.07) is 9.87. The van der Waals surface area contributed by atoms with E-state index >= 15 is 0 Å². The van der Waals surface area contributed by atoms with Crippen LogP contribution in [0.4, 0.5) is 4.39 Å². The van der Waals surface area contributed by atoms with Crippen molar-refractivity contribution in [3.8, 4) is 0 Å². The van der Waals surface area contributed by atoms with E-state index < -0.39 is 0 Å². The van der Waals surface area contributed by atoms with Crippen molar-refractivity contribution in [2.75, 3.05) is 20.3 Å². The maximum Gasteiger partial charge on any atom is 0.148 e. The fraction of sp³-hybridized carbons (Fsp3) is 0.238. The van der Waals surface area contributed by atoms with Crippen LogP contribution < -0.4 is 0 Å². The highest BCUT2D eigenvalue weighted by atomic mass is 19.1. The Kier molecular flexibility index (Phi) is 5.92. The number of methoxy groups -OCH3 is 1. The van der Waals surface area contributed by atoms with Crippen LogP contribution in [0.5, 0.6) is 0 Å². The molecule has 4 nitrogen and oxygen atoms in total. The minimum absolute atomic E-state index is 0.321. The van der Waals surface area contributed by atoms with Gasteiger partial charge in [-0.1, -0.05) is 35.5 Å². The van der Waals surface area contributed by atoms with Gasteiger partial charge in [0.2, 0.25) is 0 Å². The molecule has 0 N–H and O–H groups in total. The van der Waals surface area contributed by atoms with E-state index in [4.69, 9.17) is 9.57 Å². The monoisotopic (exact) mass is 352 g/mol. The van der Waals surface area contributed by atoms with Crippen LogP contribution in [0.25, 0.3) is 17.2 Å². The molecule has 2 aromatic rings. The molecule has 0 radical (unpaired) electrons. The SMILES string of the molecule is COCC=NOCCC1=C/C(=C/c2cc(C)ncc2F)c2ccccc21. The number of rotatable bonds is 7. The van der Waals surface area contributed by atoms with Gasteiger partial charge in [0.15, 0.2) is 0 Å². The first kappa shape index (κ1) is 18.0. The van der Waals surface area contributed by atoms with Gasteiger partial charge in [-0.2, -0.15) is 0 Å². The second-order valence-electron chi connectivity index (χ2n) is 5.99. The van der Waals surface area contributed by atoms with E-state index in [2.05, 4.69) is 22.3 Å². The van der Waals surface area contributed by atoms with Gasteiger partial charge in [0.25, 0.3) is 0 Å². The first-order valence-corrected chi connectivity index (χ1v) is 8.46. The Morgan fingerprint density at radius 3 is 2.85 bits per heavy atom. The molecule has 1 aromatic heterocycles. The summed E-state index contributed by atoms with van der Waals surface area (Å²) in [6.07, 6.45) is 7.52. The van der Waals surface area contributed by atoms with Crippen LogP contribution in [0.15, 0.2) is 47.8 Å². The predicted molar refractivity (Wildman–Crippen MR) is 102 cm³/mol. The molecule has 0 bridgehead atoms. The molecule has 1 aliphatic rings. The normalized spacial score (nSPS) is 14.7. The number of allylic oxidation sites excluding steroid dienone is 2. The third-order valence-electron chi connectivity index (χ3n) is 4.10. The number of hydrogen-bond donors (Lipinski definition) is 0. The number of ether oxygens (including phenoxy) is 1. The highest BCUT2D eigenvalue weighted by Crippen LogP contribution is 2.38. The standard InChI is InChI=1S/C21H21FN2O2/c1-15-11-18(21(22)14-23-15)13-17-12-16(7-9-26-24-8-10-25-2)19-5-3-4-6-20(17)19/h3-6,8,11-14H,7,9-10H2,1-2H3/b17-13-,24-8?. The average Bonchev–Trinajstić information content (AvgIpc) is 2.99. The van der Waals surface area contributed by atoms with Crippen molar-refractivity contribution >= 4 is 23.4 Å². The first-order chi connectivity index (χ1) is 12.7. The third kappa shape index (κ3) is 4.24. The number of hydrogen-bond acceptors (Lipinski definition) is 4. The highest BCUT2D eigenvalue weighted by molar-refractivity contribution is 6.01. The molecule has 134 valence electrons. The van der Waals surface area contributed by atoms with E-state index in [1.165, 1.54) is 6.20 Å². The van der Waals surface area contributed by atoms with Crippen molar-refractivity contribution in [1.29, 1.82) is 0 Å². The van der Waals surface area contributed by atoms with Crippen molar-refractivity contribution in [3.05, 3.63) is 70.8 Å². The van der Waals surface area contributed by atoms with Gasteiger partial charge < -0.3 is 9.57 Å². The van der Waals surface area contributed by atoms with Gasteiger partial charge in [0.05, 0.1) is 19.0 Å². The molecule has 0 fully saturated rings. The summed E-state index contributed by atoms with van der Waals surface area (Å²) in [5.74, 6) is -0.321. The fourth-order valence-corrected chi connectivity index (χ4v) is 2.89. The van der Waals surface area contributed by atoms with Crippen molar-refractivity contribution < 1.29 is 14.0 Å². The van der Waals surface area contributed by atoms with Crippen molar-refractivity contribution in [2.45, 2.75) is 13.3 Å². The molecule has 1 heterocycles. The van der Waals surface area contributed by atoms with Crippen LogP contribution in [0.3, 0.4) is 0 Å². The topological polar surface area (TPSA) is 43.7 Å². The Balaban J connectivity index is 1.81. The van der Waals surface area contributed by atoms with Gasteiger partial charge in [-0.3, -0.25) is 4.98 Å². The Labute approximate surface area is 152 Å². The molecule has 3 rings (SSSR count). The summed E-state index contributed by atoms with van der Waals surface area (Å²) >= 11 is 0. The van der Waals surface area contributed by atoms with Gasteiger partial charge >= 0.3 is 0 Å². The van der Waals surface area contributed by atoms with E-state index in [1.807, 2.05) is 31.2 Å². The van der Waals surface area contributed by atoms with Crippen LogP contribution in [0.1, 0.15) is 28.8 Å². The summed E-state index contributed by atoms with van der Waals surface area (Å²) < 4.78 is 18.9. The first-order valence-electron chi connectivity index (χ1n) is 8.46. The number of nitrogens with zero attached hydrogens (tertiary/aromatic N) is 2.